The zero-order chi connectivity index (χ0) is 13.1. The molecule has 5 heteroatoms. The summed E-state index contributed by atoms with van der Waals surface area (Å²) >= 11 is 11.5. The average molecular weight is 281 g/mol. The first-order valence-corrected chi connectivity index (χ1v) is 5.78. The summed E-state index contributed by atoms with van der Waals surface area (Å²) in [5.74, 6) is -0.526. The Morgan fingerprint density at radius 3 is 2.56 bits per heavy atom. The standard InChI is InChI=1S/C13H7Cl2FN2/c14-10-2-1-3-13(9(10)7-17)18-8-4-5-11(15)12(16)6-8/h1-6,18H. The Hall–Kier alpha value is -1.76. The van der Waals surface area contributed by atoms with Crippen LogP contribution in [0.4, 0.5) is 15.8 Å². The van der Waals surface area contributed by atoms with Crippen LogP contribution in [0.25, 0.3) is 0 Å². The van der Waals surface area contributed by atoms with Crippen LogP contribution in [0, 0.1) is 17.1 Å². The largest absolute Gasteiger partial charge is 0.354 e. The molecule has 1 N–H and O–H groups in total. The molecular formula is C13H7Cl2FN2. The summed E-state index contributed by atoms with van der Waals surface area (Å²) in [6, 6.07) is 11.3. The fraction of sp³-hybridized carbons (Fsp3) is 0. The lowest BCUT2D eigenvalue weighted by Gasteiger charge is -2.09. The Labute approximate surface area is 114 Å². The maximum atomic E-state index is 13.3. The van der Waals surface area contributed by atoms with Gasteiger partial charge in [0.2, 0.25) is 0 Å². The highest BCUT2D eigenvalue weighted by Gasteiger charge is 2.07. The first kappa shape index (κ1) is 12.7. The maximum absolute atomic E-state index is 13.3. The van der Waals surface area contributed by atoms with Crippen molar-refractivity contribution >= 4 is 34.6 Å². The van der Waals surface area contributed by atoms with Gasteiger partial charge in [0.1, 0.15) is 11.9 Å². The number of nitrogens with one attached hydrogen (secondary N) is 1. The third-order valence-electron chi connectivity index (χ3n) is 2.32. The first-order valence-electron chi connectivity index (χ1n) is 5.02. The minimum absolute atomic E-state index is 0.0483. The molecule has 0 bridgehead atoms. The number of hydrogen-bond acceptors (Lipinski definition) is 2. The molecule has 0 amide bonds. The van der Waals surface area contributed by atoms with Gasteiger partial charge in [-0.15, -0.1) is 0 Å². The molecule has 0 aliphatic heterocycles. The van der Waals surface area contributed by atoms with Crippen molar-refractivity contribution in [2.24, 2.45) is 0 Å². The van der Waals surface area contributed by atoms with E-state index in [2.05, 4.69) is 5.32 Å². The second kappa shape index (κ2) is 5.26. The number of rotatable bonds is 2. The van der Waals surface area contributed by atoms with Gasteiger partial charge in [-0.25, -0.2) is 4.39 Å². The van der Waals surface area contributed by atoms with Crippen molar-refractivity contribution in [2.45, 2.75) is 0 Å². The van der Waals surface area contributed by atoms with Gasteiger partial charge in [0.25, 0.3) is 0 Å². The summed E-state index contributed by atoms with van der Waals surface area (Å²) < 4.78 is 13.3. The lowest BCUT2D eigenvalue weighted by atomic mass is 10.2. The molecule has 2 rings (SSSR count). The highest BCUT2D eigenvalue weighted by atomic mass is 35.5. The third-order valence-corrected chi connectivity index (χ3v) is 2.95. The van der Waals surface area contributed by atoms with Crippen molar-refractivity contribution in [2.75, 3.05) is 5.32 Å². The minimum Gasteiger partial charge on any atom is -0.354 e. The Bertz CT molecular complexity index is 635. The maximum Gasteiger partial charge on any atom is 0.143 e. The van der Waals surface area contributed by atoms with Crippen molar-refractivity contribution in [3.05, 3.63) is 57.8 Å². The lowest BCUT2D eigenvalue weighted by molar-refractivity contribution is 0.629. The zero-order valence-electron chi connectivity index (χ0n) is 9.05. The molecule has 0 fully saturated rings. The van der Waals surface area contributed by atoms with Crippen molar-refractivity contribution < 1.29 is 4.39 Å². The fourth-order valence-corrected chi connectivity index (χ4v) is 1.81. The summed E-state index contributed by atoms with van der Waals surface area (Å²) in [5.41, 5.74) is 1.33. The predicted molar refractivity (Wildman–Crippen MR) is 70.9 cm³/mol. The second-order valence-electron chi connectivity index (χ2n) is 3.53. The van der Waals surface area contributed by atoms with E-state index >= 15 is 0 Å². The van der Waals surface area contributed by atoms with Gasteiger partial charge in [0.05, 0.1) is 21.3 Å². The van der Waals surface area contributed by atoms with E-state index in [9.17, 15) is 4.39 Å². The molecule has 90 valence electrons. The Morgan fingerprint density at radius 2 is 1.89 bits per heavy atom. The summed E-state index contributed by atoms with van der Waals surface area (Å²) in [4.78, 5) is 0. The Balaban J connectivity index is 2.37. The van der Waals surface area contributed by atoms with Crippen LogP contribution in [0.1, 0.15) is 5.56 Å². The molecule has 0 saturated carbocycles. The molecular weight excluding hydrogens is 274 g/mol. The number of anilines is 2. The highest BCUT2D eigenvalue weighted by molar-refractivity contribution is 6.32. The van der Waals surface area contributed by atoms with Gasteiger partial charge in [0.15, 0.2) is 0 Å². The van der Waals surface area contributed by atoms with Crippen LogP contribution in [0.15, 0.2) is 36.4 Å². The van der Waals surface area contributed by atoms with E-state index in [1.54, 1.807) is 24.3 Å². The van der Waals surface area contributed by atoms with Crippen LogP contribution in [-0.4, -0.2) is 0 Å². The molecule has 2 aromatic rings. The van der Waals surface area contributed by atoms with Crippen LogP contribution in [0.5, 0.6) is 0 Å². The van der Waals surface area contributed by atoms with Gasteiger partial charge in [-0.2, -0.15) is 5.26 Å². The van der Waals surface area contributed by atoms with Crippen molar-refractivity contribution in [1.29, 1.82) is 5.26 Å². The SMILES string of the molecule is N#Cc1c(Cl)cccc1Nc1ccc(Cl)c(F)c1. The molecule has 0 radical (unpaired) electrons. The molecule has 2 aromatic carbocycles. The van der Waals surface area contributed by atoms with E-state index in [1.165, 1.54) is 12.1 Å². The zero-order valence-corrected chi connectivity index (χ0v) is 10.6. The van der Waals surface area contributed by atoms with Gasteiger partial charge in [0, 0.05) is 5.69 Å². The summed E-state index contributed by atoms with van der Waals surface area (Å²) in [6.07, 6.45) is 0. The van der Waals surface area contributed by atoms with Crippen LogP contribution in [0.3, 0.4) is 0 Å². The molecule has 0 atom stereocenters. The third kappa shape index (κ3) is 2.56. The van der Waals surface area contributed by atoms with Gasteiger partial charge in [-0.3, -0.25) is 0 Å². The van der Waals surface area contributed by atoms with E-state index in [0.29, 0.717) is 22.0 Å². The second-order valence-corrected chi connectivity index (χ2v) is 4.34. The van der Waals surface area contributed by atoms with Crippen molar-refractivity contribution in [3.8, 4) is 6.07 Å². The molecule has 0 saturated heterocycles. The predicted octanol–water partition coefficient (Wildman–Crippen LogP) is 4.75. The van der Waals surface area contributed by atoms with E-state index in [1.807, 2.05) is 6.07 Å². The number of hydrogen-bond donors (Lipinski definition) is 1. The molecule has 0 heterocycles. The van der Waals surface area contributed by atoms with Crippen LogP contribution in [0.2, 0.25) is 10.0 Å². The molecule has 0 aliphatic rings. The van der Waals surface area contributed by atoms with E-state index in [-0.39, 0.29) is 5.02 Å². The van der Waals surface area contributed by atoms with Crippen LogP contribution < -0.4 is 5.32 Å². The summed E-state index contributed by atoms with van der Waals surface area (Å²) in [7, 11) is 0. The van der Waals surface area contributed by atoms with Gasteiger partial charge in [-0.1, -0.05) is 29.3 Å². The van der Waals surface area contributed by atoms with Gasteiger partial charge >= 0.3 is 0 Å². The van der Waals surface area contributed by atoms with E-state index in [4.69, 9.17) is 28.5 Å². The van der Waals surface area contributed by atoms with Crippen molar-refractivity contribution in [1.82, 2.24) is 0 Å². The number of nitrogens with zero attached hydrogens (tertiary/aromatic N) is 1. The Kier molecular flexibility index (Phi) is 3.71. The topological polar surface area (TPSA) is 35.8 Å². The molecule has 0 aromatic heterocycles. The normalized spacial score (nSPS) is 9.89. The quantitative estimate of drug-likeness (QED) is 0.862. The van der Waals surface area contributed by atoms with Crippen molar-refractivity contribution in [3.63, 3.8) is 0 Å². The average Bonchev–Trinajstić information content (AvgIpc) is 2.34. The van der Waals surface area contributed by atoms with E-state index < -0.39 is 5.82 Å². The first-order chi connectivity index (χ1) is 8.61. The fourth-order valence-electron chi connectivity index (χ4n) is 1.47. The molecule has 0 unspecified atom stereocenters. The summed E-state index contributed by atoms with van der Waals surface area (Å²) in [6.45, 7) is 0. The minimum atomic E-state index is -0.526. The van der Waals surface area contributed by atoms with Gasteiger partial charge in [-0.05, 0) is 30.3 Å². The molecule has 18 heavy (non-hydrogen) atoms. The lowest BCUT2D eigenvalue weighted by Crippen LogP contribution is -1.94. The number of halogens is 3. The number of nitriles is 1. The summed E-state index contributed by atoms with van der Waals surface area (Å²) in [5, 5.41) is 12.3. The Morgan fingerprint density at radius 1 is 1.11 bits per heavy atom. The van der Waals surface area contributed by atoms with Gasteiger partial charge < -0.3 is 5.32 Å². The van der Waals surface area contributed by atoms with Crippen LogP contribution in [-0.2, 0) is 0 Å². The van der Waals surface area contributed by atoms with Crippen LogP contribution >= 0.6 is 23.2 Å². The molecule has 2 nitrogen and oxygen atoms in total. The monoisotopic (exact) mass is 280 g/mol. The highest BCUT2D eigenvalue weighted by Crippen LogP contribution is 2.27. The molecule has 0 aliphatic carbocycles. The smallest absolute Gasteiger partial charge is 0.143 e. The van der Waals surface area contributed by atoms with E-state index in [0.717, 1.165) is 0 Å². The number of benzene rings is 2. The molecule has 0 spiro atoms.